The Labute approximate surface area is 188 Å². The molecule has 32 heavy (non-hydrogen) atoms. The number of benzene rings is 2. The Kier molecular flexibility index (Phi) is 9.69. The second-order valence-electron chi connectivity index (χ2n) is 7.50. The van der Waals surface area contributed by atoms with Crippen LogP contribution in [0.4, 0.5) is 11.4 Å². The molecule has 1 aliphatic heterocycles. The molecule has 0 spiro atoms. The lowest BCUT2D eigenvalue weighted by atomic mass is 10.0. The lowest BCUT2D eigenvalue weighted by molar-refractivity contribution is -0.159. The Balaban J connectivity index is 0.000000534. The van der Waals surface area contributed by atoms with Crippen LogP contribution in [0, 0.1) is 0 Å². The number of methoxy groups -OCH3 is 1. The van der Waals surface area contributed by atoms with Gasteiger partial charge in [-0.2, -0.15) is 0 Å². The summed E-state index contributed by atoms with van der Waals surface area (Å²) in [5, 5.41) is 14.8. The number of esters is 1. The number of carbonyl (C=O) groups excluding carboxylic acids is 1. The Morgan fingerprint density at radius 2 is 1.41 bits per heavy atom. The van der Waals surface area contributed by atoms with E-state index in [-0.39, 0.29) is 5.97 Å². The van der Waals surface area contributed by atoms with E-state index in [2.05, 4.69) is 65.4 Å². The van der Waals surface area contributed by atoms with E-state index in [1.165, 1.54) is 29.6 Å². The van der Waals surface area contributed by atoms with Crippen molar-refractivity contribution < 1.29 is 29.3 Å². The first-order valence-corrected chi connectivity index (χ1v) is 10.5. The Bertz CT molecular complexity index is 871. The molecule has 172 valence electrons. The lowest BCUT2D eigenvalue weighted by Crippen LogP contribution is -2.27. The number of aryl methyl sites for hydroxylation is 2. The highest BCUT2D eigenvalue weighted by Crippen LogP contribution is 2.35. The van der Waals surface area contributed by atoms with Gasteiger partial charge in [0, 0.05) is 24.5 Å². The number of para-hydroxylation sites is 2. The van der Waals surface area contributed by atoms with Gasteiger partial charge in [0.05, 0.1) is 13.5 Å². The van der Waals surface area contributed by atoms with Crippen LogP contribution in [0.3, 0.4) is 0 Å². The fourth-order valence-corrected chi connectivity index (χ4v) is 3.61. The van der Waals surface area contributed by atoms with Crippen molar-refractivity contribution in [1.29, 1.82) is 0 Å². The first kappa shape index (κ1) is 24.9. The topological polar surface area (TPSA) is 107 Å². The number of carboxylic acids is 2. The summed E-state index contributed by atoms with van der Waals surface area (Å²) in [6, 6.07) is 17.5. The molecule has 0 saturated carbocycles. The molecule has 0 aromatic heterocycles. The standard InChI is InChI=1S/C22H28N2O2.C2H2O4/c1-23(17-14-22(25)26-2)15-7-16-24-20-10-5-3-8-18(20)12-13-19-9-4-6-11-21(19)24;3-1(4)2(5)6/h3-6,8-11H,7,12-17H2,1-2H3;(H,3,4)(H,5,6). The van der Waals surface area contributed by atoms with Gasteiger partial charge < -0.3 is 24.7 Å². The zero-order chi connectivity index (χ0) is 23.5. The Morgan fingerprint density at radius 1 is 0.906 bits per heavy atom. The summed E-state index contributed by atoms with van der Waals surface area (Å²) in [5.74, 6) is -3.79. The first-order chi connectivity index (χ1) is 15.3. The molecule has 0 aliphatic carbocycles. The van der Waals surface area contributed by atoms with E-state index in [0.717, 1.165) is 38.9 Å². The van der Waals surface area contributed by atoms with Crippen molar-refractivity contribution in [3.63, 3.8) is 0 Å². The van der Waals surface area contributed by atoms with E-state index in [9.17, 15) is 4.79 Å². The maximum Gasteiger partial charge on any atom is 0.414 e. The minimum atomic E-state index is -1.82. The second kappa shape index (κ2) is 12.5. The summed E-state index contributed by atoms with van der Waals surface area (Å²) in [6.07, 6.45) is 3.66. The minimum absolute atomic E-state index is 0.146. The van der Waals surface area contributed by atoms with E-state index in [1.54, 1.807) is 0 Å². The third kappa shape index (κ3) is 7.39. The van der Waals surface area contributed by atoms with Crippen molar-refractivity contribution in [3.05, 3.63) is 59.7 Å². The highest BCUT2D eigenvalue weighted by molar-refractivity contribution is 6.27. The van der Waals surface area contributed by atoms with Crippen LogP contribution in [0.2, 0.25) is 0 Å². The maximum atomic E-state index is 11.3. The zero-order valence-electron chi connectivity index (χ0n) is 18.5. The van der Waals surface area contributed by atoms with E-state index < -0.39 is 11.9 Å². The summed E-state index contributed by atoms with van der Waals surface area (Å²) in [4.78, 5) is 34.2. The monoisotopic (exact) mass is 442 g/mol. The van der Waals surface area contributed by atoms with Crippen LogP contribution in [0.15, 0.2) is 48.5 Å². The van der Waals surface area contributed by atoms with Crippen LogP contribution >= 0.6 is 0 Å². The molecule has 2 N–H and O–H groups in total. The third-order valence-corrected chi connectivity index (χ3v) is 5.26. The van der Waals surface area contributed by atoms with Crippen LogP contribution < -0.4 is 4.90 Å². The van der Waals surface area contributed by atoms with Crippen molar-refractivity contribution in [3.8, 4) is 0 Å². The van der Waals surface area contributed by atoms with Gasteiger partial charge in [-0.15, -0.1) is 0 Å². The van der Waals surface area contributed by atoms with Crippen molar-refractivity contribution >= 4 is 29.3 Å². The third-order valence-electron chi connectivity index (χ3n) is 5.26. The lowest BCUT2D eigenvalue weighted by Gasteiger charge is -2.28. The number of nitrogens with zero attached hydrogens (tertiary/aromatic N) is 2. The van der Waals surface area contributed by atoms with Crippen LogP contribution in [0.1, 0.15) is 24.0 Å². The van der Waals surface area contributed by atoms with E-state index in [0.29, 0.717) is 6.42 Å². The number of anilines is 2. The predicted molar refractivity (Wildman–Crippen MR) is 121 cm³/mol. The maximum absolute atomic E-state index is 11.3. The molecule has 8 heteroatoms. The minimum Gasteiger partial charge on any atom is -0.473 e. The smallest absolute Gasteiger partial charge is 0.414 e. The van der Waals surface area contributed by atoms with Gasteiger partial charge in [0.2, 0.25) is 0 Å². The fourth-order valence-electron chi connectivity index (χ4n) is 3.61. The summed E-state index contributed by atoms with van der Waals surface area (Å²) in [7, 11) is 3.50. The van der Waals surface area contributed by atoms with Crippen molar-refractivity contribution in [2.75, 3.05) is 38.7 Å². The van der Waals surface area contributed by atoms with Gasteiger partial charge in [-0.05, 0) is 56.1 Å². The summed E-state index contributed by atoms with van der Waals surface area (Å²) in [6.45, 7) is 2.66. The number of carbonyl (C=O) groups is 3. The molecule has 1 aliphatic rings. The highest BCUT2D eigenvalue weighted by atomic mass is 16.5. The molecule has 8 nitrogen and oxygen atoms in total. The molecule has 2 aromatic rings. The van der Waals surface area contributed by atoms with Gasteiger partial charge in [0.25, 0.3) is 0 Å². The van der Waals surface area contributed by atoms with Crippen molar-refractivity contribution in [1.82, 2.24) is 4.90 Å². The van der Waals surface area contributed by atoms with Gasteiger partial charge in [-0.1, -0.05) is 36.4 Å². The number of hydrogen-bond acceptors (Lipinski definition) is 6. The van der Waals surface area contributed by atoms with Gasteiger partial charge in [-0.3, -0.25) is 4.79 Å². The molecule has 1 heterocycles. The number of fused-ring (bicyclic) bond motifs is 2. The Hall–Kier alpha value is -3.39. The second-order valence-corrected chi connectivity index (χ2v) is 7.50. The molecule has 0 bridgehead atoms. The van der Waals surface area contributed by atoms with Crippen molar-refractivity contribution in [2.24, 2.45) is 0 Å². The molecule has 0 amide bonds. The molecule has 0 radical (unpaired) electrons. The summed E-state index contributed by atoms with van der Waals surface area (Å²) < 4.78 is 4.72. The van der Waals surface area contributed by atoms with Crippen LogP contribution in [-0.2, 0) is 32.0 Å². The van der Waals surface area contributed by atoms with Crippen LogP contribution in [0.25, 0.3) is 0 Å². The fraction of sp³-hybridized carbons (Fsp3) is 0.375. The normalized spacial score (nSPS) is 12.0. The van der Waals surface area contributed by atoms with Gasteiger partial charge in [0.1, 0.15) is 0 Å². The van der Waals surface area contributed by atoms with Crippen molar-refractivity contribution in [2.45, 2.75) is 25.7 Å². The molecule has 0 atom stereocenters. The summed E-state index contributed by atoms with van der Waals surface area (Å²) >= 11 is 0. The van der Waals surface area contributed by atoms with Crippen LogP contribution in [0.5, 0.6) is 0 Å². The van der Waals surface area contributed by atoms with Gasteiger partial charge in [-0.25, -0.2) is 9.59 Å². The quantitative estimate of drug-likeness (QED) is 0.498. The highest BCUT2D eigenvalue weighted by Gasteiger charge is 2.19. The molecule has 0 saturated heterocycles. The molecular formula is C24H30N2O6. The molecule has 0 fully saturated rings. The van der Waals surface area contributed by atoms with Crippen LogP contribution in [-0.4, -0.2) is 66.8 Å². The molecule has 3 rings (SSSR count). The van der Waals surface area contributed by atoms with E-state index in [4.69, 9.17) is 24.5 Å². The largest absolute Gasteiger partial charge is 0.473 e. The average molecular weight is 443 g/mol. The number of ether oxygens (including phenoxy) is 1. The van der Waals surface area contributed by atoms with E-state index >= 15 is 0 Å². The van der Waals surface area contributed by atoms with E-state index in [1.807, 2.05) is 0 Å². The zero-order valence-corrected chi connectivity index (χ0v) is 18.5. The number of aliphatic carboxylic acids is 2. The summed E-state index contributed by atoms with van der Waals surface area (Å²) in [5.41, 5.74) is 5.50. The molecular weight excluding hydrogens is 412 g/mol. The van der Waals surface area contributed by atoms with Gasteiger partial charge in [0.15, 0.2) is 0 Å². The number of rotatable bonds is 7. The molecule has 2 aromatic carbocycles. The van der Waals surface area contributed by atoms with Gasteiger partial charge >= 0.3 is 17.9 Å². The molecule has 0 unspecified atom stereocenters. The first-order valence-electron chi connectivity index (χ1n) is 10.5. The number of hydrogen-bond donors (Lipinski definition) is 2. The Morgan fingerprint density at radius 3 is 1.88 bits per heavy atom. The SMILES string of the molecule is COC(=O)CCN(C)CCCN1c2ccccc2CCc2ccccc21.O=C(O)C(=O)O. The predicted octanol–water partition coefficient (Wildman–Crippen LogP) is 2.96. The average Bonchev–Trinajstić information content (AvgIpc) is 2.95. The number of carboxylic acid groups (broad SMARTS) is 2.